The van der Waals surface area contributed by atoms with E-state index in [1.165, 1.54) is 0 Å². The molecule has 0 spiro atoms. The molecule has 0 unspecified atom stereocenters. The van der Waals surface area contributed by atoms with E-state index in [2.05, 4.69) is 6.58 Å². The van der Waals surface area contributed by atoms with Crippen LogP contribution in [0.4, 0.5) is 0 Å². The van der Waals surface area contributed by atoms with Crippen molar-refractivity contribution in [3.05, 3.63) is 42.6 Å². The summed E-state index contributed by atoms with van der Waals surface area (Å²) in [6.07, 6.45) is 1.66. The van der Waals surface area contributed by atoms with Crippen molar-refractivity contribution in [2.24, 2.45) is 0 Å². The molecule has 94 valence electrons. The van der Waals surface area contributed by atoms with Gasteiger partial charge in [0.15, 0.2) is 0 Å². The molecule has 4 heteroatoms. The van der Waals surface area contributed by atoms with E-state index in [1.807, 2.05) is 25.1 Å². The minimum absolute atomic E-state index is 0.280. The monoisotopic (exact) mass is 245 g/mol. The van der Waals surface area contributed by atoms with Crippen LogP contribution >= 0.6 is 0 Å². The first kappa shape index (κ1) is 12.2. The first-order valence-corrected chi connectivity index (χ1v) is 5.78. The Morgan fingerprint density at radius 1 is 1.56 bits per heavy atom. The van der Waals surface area contributed by atoms with Gasteiger partial charge in [-0.25, -0.2) is 4.79 Å². The molecule has 18 heavy (non-hydrogen) atoms. The lowest BCUT2D eigenvalue weighted by Gasteiger charge is -2.06. The van der Waals surface area contributed by atoms with Crippen LogP contribution in [0.25, 0.3) is 10.9 Å². The van der Waals surface area contributed by atoms with Gasteiger partial charge in [-0.1, -0.05) is 18.7 Å². The van der Waals surface area contributed by atoms with E-state index in [-0.39, 0.29) is 5.69 Å². The van der Waals surface area contributed by atoms with Crippen LogP contribution in [0.15, 0.2) is 36.9 Å². The molecule has 1 aromatic heterocycles. The third-order valence-electron chi connectivity index (χ3n) is 2.80. The Hall–Kier alpha value is -2.23. The zero-order valence-electron chi connectivity index (χ0n) is 10.2. The number of aromatic nitrogens is 1. The topological polar surface area (TPSA) is 51.5 Å². The van der Waals surface area contributed by atoms with E-state index >= 15 is 0 Å². The maximum Gasteiger partial charge on any atom is 0.352 e. The summed E-state index contributed by atoms with van der Waals surface area (Å²) < 4.78 is 7.30. The van der Waals surface area contributed by atoms with Crippen LogP contribution in [-0.2, 0) is 6.54 Å². The van der Waals surface area contributed by atoms with Gasteiger partial charge in [0.25, 0.3) is 0 Å². The third-order valence-corrected chi connectivity index (χ3v) is 2.80. The summed E-state index contributed by atoms with van der Waals surface area (Å²) in [6, 6.07) is 7.24. The molecule has 0 fully saturated rings. The molecular formula is C14H15NO3. The Morgan fingerprint density at radius 2 is 2.33 bits per heavy atom. The first-order valence-electron chi connectivity index (χ1n) is 5.78. The highest BCUT2D eigenvalue weighted by Gasteiger charge is 2.15. The number of rotatable bonds is 5. The van der Waals surface area contributed by atoms with Gasteiger partial charge in [0.05, 0.1) is 5.52 Å². The number of carboxylic acid groups (broad SMARTS) is 1. The summed E-state index contributed by atoms with van der Waals surface area (Å²) in [4.78, 5) is 11.2. The van der Waals surface area contributed by atoms with E-state index < -0.39 is 5.97 Å². The SMILES string of the molecule is C=CCOc1cccc2c1cc(C(=O)O)n2CC. The number of hydrogen-bond acceptors (Lipinski definition) is 2. The Morgan fingerprint density at radius 3 is 2.94 bits per heavy atom. The number of carbonyl (C=O) groups is 1. The molecule has 0 saturated heterocycles. The molecule has 4 nitrogen and oxygen atoms in total. The molecule has 0 atom stereocenters. The van der Waals surface area contributed by atoms with Gasteiger partial charge in [-0.2, -0.15) is 0 Å². The predicted octanol–water partition coefficient (Wildman–Crippen LogP) is 2.92. The van der Waals surface area contributed by atoms with Crippen molar-refractivity contribution in [3.63, 3.8) is 0 Å². The Balaban J connectivity index is 2.63. The van der Waals surface area contributed by atoms with Gasteiger partial charge in [0, 0.05) is 11.9 Å². The predicted molar refractivity (Wildman–Crippen MR) is 70.3 cm³/mol. The van der Waals surface area contributed by atoms with Crippen LogP contribution in [0.3, 0.4) is 0 Å². The number of benzene rings is 1. The second-order valence-corrected chi connectivity index (χ2v) is 3.87. The van der Waals surface area contributed by atoms with Gasteiger partial charge < -0.3 is 14.4 Å². The number of aryl methyl sites for hydroxylation is 1. The molecule has 0 aliphatic rings. The third kappa shape index (κ3) is 1.97. The molecule has 2 rings (SSSR count). The van der Waals surface area contributed by atoms with Gasteiger partial charge in [0.2, 0.25) is 0 Å². The Kier molecular flexibility index (Phi) is 3.37. The summed E-state index contributed by atoms with van der Waals surface area (Å²) in [5.41, 5.74) is 1.15. The molecule has 1 aromatic carbocycles. The number of aromatic carboxylic acids is 1. The highest BCUT2D eigenvalue weighted by atomic mass is 16.5. The smallest absolute Gasteiger partial charge is 0.352 e. The van der Waals surface area contributed by atoms with Crippen LogP contribution in [-0.4, -0.2) is 22.2 Å². The average molecular weight is 245 g/mol. The van der Waals surface area contributed by atoms with Crippen molar-refractivity contribution < 1.29 is 14.6 Å². The largest absolute Gasteiger partial charge is 0.489 e. The van der Waals surface area contributed by atoms with Gasteiger partial charge in [-0.05, 0) is 25.1 Å². The van der Waals surface area contributed by atoms with Crippen molar-refractivity contribution in [1.29, 1.82) is 0 Å². The van der Waals surface area contributed by atoms with Crippen molar-refractivity contribution >= 4 is 16.9 Å². The normalized spacial score (nSPS) is 10.5. The number of ether oxygens (including phenoxy) is 1. The zero-order valence-corrected chi connectivity index (χ0v) is 10.2. The minimum Gasteiger partial charge on any atom is -0.489 e. The van der Waals surface area contributed by atoms with E-state index in [0.29, 0.717) is 18.9 Å². The zero-order chi connectivity index (χ0) is 13.1. The quantitative estimate of drug-likeness (QED) is 0.824. The molecule has 2 aromatic rings. The van der Waals surface area contributed by atoms with Crippen molar-refractivity contribution in [2.45, 2.75) is 13.5 Å². The molecular weight excluding hydrogens is 230 g/mol. The Bertz CT molecular complexity index is 598. The number of carboxylic acids is 1. The van der Waals surface area contributed by atoms with Crippen LogP contribution in [0.1, 0.15) is 17.4 Å². The fourth-order valence-corrected chi connectivity index (χ4v) is 2.05. The standard InChI is InChI=1S/C14H15NO3/c1-3-8-18-13-7-5-6-11-10(13)9-12(14(16)17)15(11)4-2/h3,5-7,9H,1,4,8H2,2H3,(H,16,17). The van der Waals surface area contributed by atoms with Crippen LogP contribution in [0, 0.1) is 0 Å². The first-order chi connectivity index (χ1) is 8.69. The lowest BCUT2D eigenvalue weighted by atomic mass is 10.2. The summed E-state index contributed by atoms with van der Waals surface area (Å²) in [5.74, 6) is -0.246. The minimum atomic E-state index is -0.928. The maximum absolute atomic E-state index is 11.2. The van der Waals surface area contributed by atoms with Gasteiger partial charge in [-0.15, -0.1) is 0 Å². The number of nitrogens with zero attached hydrogens (tertiary/aromatic N) is 1. The molecule has 0 saturated carbocycles. The number of hydrogen-bond donors (Lipinski definition) is 1. The van der Waals surface area contributed by atoms with Crippen LogP contribution in [0.5, 0.6) is 5.75 Å². The summed E-state index contributed by atoms with van der Waals surface area (Å²) in [6.45, 7) is 6.53. The lowest BCUT2D eigenvalue weighted by molar-refractivity contribution is 0.0686. The highest BCUT2D eigenvalue weighted by molar-refractivity contribution is 5.97. The fraction of sp³-hybridized carbons (Fsp3) is 0.214. The molecule has 0 aliphatic carbocycles. The summed E-state index contributed by atoms with van der Waals surface area (Å²) >= 11 is 0. The fourth-order valence-electron chi connectivity index (χ4n) is 2.05. The molecule has 0 aliphatic heterocycles. The Labute approximate surface area is 105 Å². The van der Waals surface area contributed by atoms with Gasteiger partial charge >= 0.3 is 5.97 Å². The molecule has 0 radical (unpaired) electrons. The maximum atomic E-state index is 11.2. The lowest BCUT2D eigenvalue weighted by Crippen LogP contribution is -2.06. The summed E-state index contributed by atoms with van der Waals surface area (Å²) in [5, 5.41) is 10.0. The second-order valence-electron chi connectivity index (χ2n) is 3.87. The van der Waals surface area contributed by atoms with Crippen molar-refractivity contribution in [3.8, 4) is 5.75 Å². The average Bonchev–Trinajstić information content (AvgIpc) is 2.75. The highest BCUT2D eigenvalue weighted by Crippen LogP contribution is 2.29. The van der Waals surface area contributed by atoms with E-state index in [4.69, 9.17) is 4.74 Å². The van der Waals surface area contributed by atoms with Crippen molar-refractivity contribution in [1.82, 2.24) is 4.57 Å². The summed E-state index contributed by atoms with van der Waals surface area (Å²) in [7, 11) is 0. The van der Waals surface area contributed by atoms with Gasteiger partial charge in [-0.3, -0.25) is 0 Å². The molecule has 1 heterocycles. The number of fused-ring (bicyclic) bond motifs is 1. The molecule has 1 N–H and O–H groups in total. The van der Waals surface area contributed by atoms with E-state index in [9.17, 15) is 9.90 Å². The van der Waals surface area contributed by atoms with E-state index in [1.54, 1.807) is 16.7 Å². The van der Waals surface area contributed by atoms with Crippen LogP contribution < -0.4 is 4.74 Å². The second kappa shape index (κ2) is 4.96. The molecule has 0 amide bonds. The molecule has 0 bridgehead atoms. The van der Waals surface area contributed by atoms with Gasteiger partial charge in [0.1, 0.15) is 18.1 Å². The van der Waals surface area contributed by atoms with Crippen LogP contribution in [0.2, 0.25) is 0 Å². The van der Waals surface area contributed by atoms with E-state index in [0.717, 1.165) is 10.9 Å². The van der Waals surface area contributed by atoms with Crippen molar-refractivity contribution in [2.75, 3.05) is 6.61 Å².